The van der Waals surface area contributed by atoms with Gasteiger partial charge in [-0.15, -0.1) is 0 Å². The first-order chi connectivity index (χ1) is 17.3. The van der Waals surface area contributed by atoms with Crippen molar-refractivity contribution < 1.29 is 21.6 Å². The minimum absolute atomic E-state index is 0.00708. The van der Waals surface area contributed by atoms with Gasteiger partial charge in [0.05, 0.1) is 22.8 Å². The molecule has 2 aliphatic heterocycles. The summed E-state index contributed by atoms with van der Waals surface area (Å²) in [5.74, 6) is -0.00708. The molecule has 0 atom stereocenters. The summed E-state index contributed by atoms with van der Waals surface area (Å²) in [5, 5.41) is 2.98. The van der Waals surface area contributed by atoms with E-state index in [1.165, 1.54) is 10.4 Å². The number of anilines is 3. The summed E-state index contributed by atoms with van der Waals surface area (Å²) < 4.78 is 69.4. The van der Waals surface area contributed by atoms with E-state index >= 15 is 0 Å². The Bertz CT molecular complexity index is 1430. The molecule has 10 heteroatoms. The number of aromatic nitrogens is 1. The zero-order valence-corrected chi connectivity index (χ0v) is 21.7. The van der Waals surface area contributed by atoms with Crippen LogP contribution in [0.25, 0.3) is 0 Å². The first-order valence-electron chi connectivity index (χ1n) is 12.1. The van der Waals surface area contributed by atoms with Crippen LogP contribution in [0.3, 0.4) is 0 Å². The van der Waals surface area contributed by atoms with E-state index in [-0.39, 0.29) is 22.7 Å². The number of sulfonamides is 1. The number of fused-ring (bicyclic) bond motifs is 2. The highest BCUT2D eigenvalue weighted by atomic mass is 32.2. The van der Waals surface area contributed by atoms with Crippen molar-refractivity contribution in [3.63, 3.8) is 0 Å². The SMILES string of the molecule is CC(C)(C)c1ccc(S(=O)(=O)N2Cc3ccc(C(F)(F)F)nc3Nc3ccc(CN4CCC4)cc32)cc1. The lowest BCUT2D eigenvalue weighted by atomic mass is 9.87. The molecule has 37 heavy (non-hydrogen) atoms. The number of likely N-dealkylation sites (tertiary alicyclic amines) is 1. The lowest BCUT2D eigenvalue weighted by molar-refractivity contribution is -0.141. The molecule has 0 bridgehead atoms. The van der Waals surface area contributed by atoms with Gasteiger partial charge in [-0.2, -0.15) is 13.2 Å². The fourth-order valence-electron chi connectivity index (χ4n) is 4.50. The Morgan fingerprint density at radius 1 is 0.973 bits per heavy atom. The molecule has 0 aliphatic carbocycles. The molecule has 0 saturated carbocycles. The highest BCUT2D eigenvalue weighted by Gasteiger charge is 2.35. The fourth-order valence-corrected chi connectivity index (χ4v) is 5.96. The van der Waals surface area contributed by atoms with E-state index in [1.807, 2.05) is 26.8 Å². The number of nitrogens with zero attached hydrogens (tertiary/aromatic N) is 3. The molecule has 0 radical (unpaired) electrons. The summed E-state index contributed by atoms with van der Waals surface area (Å²) in [6, 6.07) is 14.3. The molecular weight excluding hydrogens is 501 g/mol. The van der Waals surface area contributed by atoms with Gasteiger partial charge in [-0.3, -0.25) is 9.21 Å². The minimum atomic E-state index is -4.62. The molecule has 3 aromatic rings. The molecule has 3 heterocycles. The number of rotatable bonds is 4. The average Bonchev–Trinajstić information content (AvgIpc) is 2.96. The van der Waals surface area contributed by atoms with Gasteiger partial charge >= 0.3 is 6.18 Å². The van der Waals surface area contributed by atoms with Crippen LogP contribution in [0, 0.1) is 0 Å². The normalized spacial score (nSPS) is 16.3. The van der Waals surface area contributed by atoms with Crippen LogP contribution in [0.1, 0.15) is 49.6 Å². The van der Waals surface area contributed by atoms with Crippen molar-refractivity contribution in [1.82, 2.24) is 9.88 Å². The van der Waals surface area contributed by atoms with Crippen LogP contribution in [0.5, 0.6) is 0 Å². The van der Waals surface area contributed by atoms with E-state index in [0.29, 0.717) is 23.5 Å². The van der Waals surface area contributed by atoms with E-state index in [4.69, 9.17) is 0 Å². The average molecular weight is 531 g/mol. The van der Waals surface area contributed by atoms with Crippen LogP contribution in [0.15, 0.2) is 59.5 Å². The predicted molar refractivity (Wildman–Crippen MR) is 137 cm³/mol. The lowest BCUT2D eigenvalue weighted by Crippen LogP contribution is -2.36. The monoisotopic (exact) mass is 530 g/mol. The number of pyridine rings is 1. The third-order valence-corrected chi connectivity index (χ3v) is 8.60. The molecule has 5 rings (SSSR count). The predicted octanol–water partition coefficient (Wildman–Crippen LogP) is 6.06. The zero-order chi connectivity index (χ0) is 26.6. The Labute approximate surface area is 215 Å². The molecule has 196 valence electrons. The van der Waals surface area contributed by atoms with Crippen molar-refractivity contribution in [3.8, 4) is 0 Å². The summed E-state index contributed by atoms with van der Waals surface area (Å²) in [6.45, 7) is 8.62. The van der Waals surface area contributed by atoms with Gasteiger partial charge in [0.1, 0.15) is 11.5 Å². The highest BCUT2D eigenvalue weighted by Crippen LogP contribution is 2.40. The van der Waals surface area contributed by atoms with Gasteiger partial charge in [-0.1, -0.05) is 45.0 Å². The smallest absolute Gasteiger partial charge is 0.338 e. The Hall–Kier alpha value is -3.11. The maximum Gasteiger partial charge on any atom is 0.433 e. The van der Waals surface area contributed by atoms with Crippen molar-refractivity contribution in [2.45, 2.75) is 56.8 Å². The van der Waals surface area contributed by atoms with Crippen molar-refractivity contribution in [1.29, 1.82) is 0 Å². The maximum absolute atomic E-state index is 14.0. The lowest BCUT2D eigenvalue weighted by Gasteiger charge is -2.31. The van der Waals surface area contributed by atoms with Gasteiger partial charge in [0.25, 0.3) is 10.0 Å². The molecule has 2 aliphatic rings. The van der Waals surface area contributed by atoms with Gasteiger partial charge < -0.3 is 5.32 Å². The second kappa shape index (κ2) is 9.02. The quantitative estimate of drug-likeness (QED) is 0.445. The van der Waals surface area contributed by atoms with E-state index in [1.54, 1.807) is 36.4 Å². The van der Waals surface area contributed by atoms with E-state index in [2.05, 4.69) is 15.2 Å². The molecule has 2 aromatic carbocycles. The topological polar surface area (TPSA) is 65.5 Å². The maximum atomic E-state index is 14.0. The van der Waals surface area contributed by atoms with Crippen molar-refractivity contribution in [2.24, 2.45) is 0 Å². The number of hydrogen-bond acceptors (Lipinski definition) is 5. The molecule has 0 amide bonds. The Morgan fingerprint density at radius 3 is 2.27 bits per heavy atom. The summed E-state index contributed by atoms with van der Waals surface area (Å²) in [5.41, 5.74) is 1.85. The third-order valence-electron chi connectivity index (χ3n) is 6.83. The van der Waals surface area contributed by atoms with Crippen molar-refractivity contribution in [3.05, 3.63) is 77.0 Å². The van der Waals surface area contributed by atoms with Crippen molar-refractivity contribution >= 4 is 27.2 Å². The highest BCUT2D eigenvalue weighted by molar-refractivity contribution is 7.92. The summed E-state index contributed by atoms with van der Waals surface area (Å²) in [7, 11) is -4.05. The fraction of sp³-hybridized carbons (Fsp3) is 0.370. The number of alkyl halides is 3. The minimum Gasteiger partial charge on any atom is -0.338 e. The summed E-state index contributed by atoms with van der Waals surface area (Å²) >= 11 is 0. The molecule has 1 aromatic heterocycles. The van der Waals surface area contributed by atoms with E-state index < -0.39 is 21.9 Å². The third kappa shape index (κ3) is 5.04. The molecule has 0 unspecified atom stereocenters. The molecular formula is C27H29F3N4O2S. The second-order valence-electron chi connectivity index (χ2n) is 10.6. The Morgan fingerprint density at radius 2 is 1.68 bits per heavy atom. The van der Waals surface area contributed by atoms with Gasteiger partial charge in [-0.05, 0) is 66.4 Å². The van der Waals surface area contributed by atoms with Crippen LogP contribution >= 0.6 is 0 Å². The van der Waals surface area contributed by atoms with Crippen LogP contribution in [-0.2, 0) is 34.7 Å². The van der Waals surface area contributed by atoms with Gasteiger partial charge in [-0.25, -0.2) is 13.4 Å². The number of nitrogens with one attached hydrogen (secondary N) is 1. The molecule has 1 N–H and O–H groups in total. The second-order valence-corrected chi connectivity index (χ2v) is 12.5. The molecule has 1 saturated heterocycles. The van der Waals surface area contributed by atoms with Crippen LogP contribution < -0.4 is 9.62 Å². The van der Waals surface area contributed by atoms with Crippen LogP contribution in [0.2, 0.25) is 0 Å². The zero-order valence-electron chi connectivity index (χ0n) is 20.9. The largest absolute Gasteiger partial charge is 0.433 e. The number of hydrogen-bond donors (Lipinski definition) is 1. The molecule has 0 spiro atoms. The number of benzene rings is 2. The first-order valence-corrected chi connectivity index (χ1v) is 13.6. The van der Waals surface area contributed by atoms with Gasteiger partial charge in [0.15, 0.2) is 0 Å². The van der Waals surface area contributed by atoms with E-state index in [0.717, 1.165) is 36.7 Å². The van der Waals surface area contributed by atoms with Crippen molar-refractivity contribution in [2.75, 3.05) is 22.7 Å². The summed E-state index contributed by atoms with van der Waals surface area (Å²) in [4.78, 5) is 6.16. The standard InChI is InChI=1S/C27H29F3N4O2S/c1-26(2,3)20-7-9-21(10-8-20)37(35,36)34-17-19-6-12-24(27(28,29)30)32-25(19)31-22-11-5-18(15-23(22)34)16-33-13-4-14-33/h5-12,15H,4,13-14,16-17H2,1-3H3,(H,31,32). The molecule has 6 nitrogen and oxygen atoms in total. The number of halogens is 3. The van der Waals surface area contributed by atoms with E-state index in [9.17, 15) is 21.6 Å². The summed E-state index contributed by atoms with van der Waals surface area (Å²) in [6.07, 6.45) is -3.49. The van der Waals surface area contributed by atoms with Crippen LogP contribution in [-0.4, -0.2) is 31.4 Å². The Balaban J connectivity index is 1.61. The van der Waals surface area contributed by atoms with Crippen LogP contribution in [0.4, 0.5) is 30.4 Å². The van der Waals surface area contributed by atoms with Gasteiger partial charge in [0.2, 0.25) is 0 Å². The first kappa shape index (κ1) is 25.5. The Kier molecular flexibility index (Phi) is 6.23. The molecule has 1 fully saturated rings. The van der Waals surface area contributed by atoms with Gasteiger partial charge in [0, 0.05) is 12.1 Å².